The van der Waals surface area contributed by atoms with Crippen LogP contribution in [0.5, 0.6) is 5.75 Å². The summed E-state index contributed by atoms with van der Waals surface area (Å²) in [6.45, 7) is 7.11. The molecule has 0 saturated carbocycles. The maximum absolute atomic E-state index is 12.1. The third-order valence-corrected chi connectivity index (χ3v) is 4.35. The van der Waals surface area contributed by atoms with Crippen molar-refractivity contribution in [1.29, 1.82) is 0 Å². The lowest BCUT2D eigenvalue weighted by molar-refractivity contribution is 0.233. The molecule has 0 saturated heterocycles. The molecule has 6 heteroatoms. The molecule has 1 aromatic carbocycles. The summed E-state index contributed by atoms with van der Waals surface area (Å²) in [4.78, 5) is 0.228. The van der Waals surface area contributed by atoms with Crippen LogP contribution in [0.25, 0.3) is 0 Å². The van der Waals surface area contributed by atoms with Crippen molar-refractivity contribution >= 4 is 10.0 Å². The zero-order valence-corrected chi connectivity index (χ0v) is 13.7. The Hall–Kier alpha value is -1.11. The van der Waals surface area contributed by atoms with Gasteiger partial charge in [-0.1, -0.05) is 20.8 Å². The lowest BCUT2D eigenvalue weighted by Gasteiger charge is -2.18. The number of benzene rings is 1. The van der Waals surface area contributed by atoms with E-state index >= 15 is 0 Å². The van der Waals surface area contributed by atoms with Crippen molar-refractivity contribution < 1.29 is 18.3 Å². The van der Waals surface area contributed by atoms with Crippen LogP contribution in [0.2, 0.25) is 0 Å². The van der Waals surface area contributed by atoms with Crippen molar-refractivity contribution in [2.24, 2.45) is 5.41 Å². The van der Waals surface area contributed by atoms with Gasteiger partial charge < -0.3 is 9.84 Å². The predicted molar refractivity (Wildman–Crippen MR) is 82.9 cm³/mol. The third-order valence-electron chi connectivity index (χ3n) is 2.87. The van der Waals surface area contributed by atoms with Crippen LogP contribution in [-0.4, -0.2) is 33.3 Å². The lowest BCUT2D eigenvalue weighted by Crippen LogP contribution is -2.27. The first-order valence-corrected chi connectivity index (χ1v) is 8.56. The van der Waals surface area contributed by atoms with Crippen molar-refractivity contribution in [1.82, 2.24) is 4.72 Å². The van der Waals surface area contributed by atoms with Crippen molar-refractivity contribution in [3.63, 3.8) is 0 Å². The van der Waals surface area contributed by atoms with E-state index in [2.05, 4.69) is 25.5 Å². The van der Waals surface area contributed by atoms with E-state index in [4.69, 9.17) is 9.84 Å². The van der Waals surface area contributed by atoms with E-state index in [0.29, 0.717) is 25.3 Å². The highest BCUT2D eigenvalue weighted by Gasteiger charge is 2.16. The van der Waals surface area contributed by atoms with Gasteiger partial charge in [-0.3, -0.25) is 0 Å². The molecule has 2 N–H and O–H groups in total. The molecule has 120 valence electrons. The number of hydrogen-bond acceptors (Lipinski definition) is 4. The Balaban J connectivity index is 2.59. The number of ether oxygens (including phenoxy) is 1. The first-order valence-electron chi connectivity index (χ1n) is 7.08. The normalized spacial score (nSPS) is 12.4. The summed E-state index contributed by atoms with van der Waals surface area (Å²) >= 11 is 0. The van der Waals surface area contributed by atoms with Crippen LogP contribution in [0.3, 0.4) is 0 Å². The van der Waals surface area contributed by atoms with E-state index in [9.17, 15) is 8.42 Å². The van der Waals surface area contributed by atoms with Gasteiger partial charge in [0.1, 0.15) is 5.75 Å². The van der Waals surface area contributed by atoms with E-state index in [-0.39, 0.29) is 16.9 Å². The summed E-state index contributed by atoms with van der Waals surface area (Å²) in [7, 11) is -3.47. The molecule has 0 atom stereocenters. The van der Waals surface area contributed by atoms with Gasteiger partial charge in [0, 0.05) is 19.6 Å². The minimum atomic E-state index is -3.47. The van der Waals surface area contributed by atoms with E-state index in [1.54, 1.807) is 12.1 Å². The van der Waals surface area contributed by atoms with Gasteiger partial charge in [-0.2, -0.15) is 0 Å². The van der Waals surface area contributed by atoms with Crippen molar-refractivity contribution in [2.75, 3.05) is 19.8 Å². The van der Waals surface area contributed by atoms with Crippen molar-refractivity contribution in [3.8, 4) is 5.75 Å². The van der Waals surface area contributed by atoms with Gasteiger partial charge in [0.05, 0.1) is 11.5 Å². The number of hydrogen-bond donors (Lipinski definition) is 2. The maximum atomic E-state index is 12.1. The molecule has 0 spiro atoms. The van der Waals surface area contributed by atoms with Gasteiger partial charge in [-0.05, 0) is 36.1 Å². The van der Waals surface area contributed by atoms with Crippen LogP contribution in [-0.2, 0) is 10.0 Å². The third kappa shape index (κ3) is 6.93. The largest absolute Gasteiger partial charge is 0.494 e. The summed E-state index contributed by atoms with van der Waals surface area (Å²) in [6, 6.07) is 6.28. The van der Waals surface area contributed by atoms with Gasteiger partial charge in [-0.25, -0.2) is 13.1 Å². The lowest BCUT2D eigenvalue weighted by atomic mass is 9.93. The molecule has 0 radical (unpaired) electrons. The Morgan fingerprint density at radius 3 is 2.33 bits per heavy atom. The molecule has 0 fully saturated rings. The highest BCUT2D eigenvalue weighted by Crippen LogP contribution is 2.19. The number of sulfonamides is 1. The monoisotopic (exact) mass is 315 g/mol. The quantitative estimate of drug-likeness (QED) is 0.721. The van der Waals surface area contributed by atoms with Gasteiger partial charge >= 0.3 is 0 Å². The highest BCUT2D eigenvalue weighted by atomic mass is 32.2. The molecule has 0 bridgehead atoms. The Bertz CT molecular complexity index is 518. The molecule has 1 aromatic rings. The number of aliphatic hydroxyl groups excluding tert-OH is 1. The first-order chi connectivity index (χ1) is 9.74. The molecule has 5 nitrogen and oxygen atoms in total. The van der Waals surface area contributed by atoms with E-state index in [1.807, 2.05) is 0 Å². The molecule has 0 aliphatic carbocycles. The summed E-state index contributed by atoms with van der Waals surface area (Å²) in [6.07, 6.45) is 1.32. The fraction of sp³-hybridized carbons (Fsp3) is 0.600. The van der Waals surface area contributed by atoms with Crippen LogP contribution in [0.15, 0.2) is 29.2 Å². The molecule has 0 heterocycles. The standard InChI is InChI=1S/C15H25NO4S/c1-15(2,3)9-10-16-21(18,19)14-7-5-13(6-8-14)20-12-4-11-17/h5-8,16-17H,4,9-12H2,1-3H3. The Morgan fingerprint density at radius 1 is 1.19 bits per heavy atom. The van der Waals surface area contributed by atoms with E-state index in [1.165, 1.54) is 12.1 Å². The smallest absolute Gasteiger partial charge is 0.240 e. The van der Waals surface area contributed by atoms with Crippen LogP contribution < -0.4 is 9.46 Å². The van der Waals surface area contributed by atoms with Gasteiger partial charge in [0.15, 0.2) is 0 Å². The minimum Gasteiger partial charge on any atom is -0.494 e. The molecule has 0 unspecified atom stereocenters. The SMILES string of the molecule is CC(C)(C)CCNS(=O)(=O)c1ccc(OCCCO)cc1. The first kappa shape index (κ1) is 17.9. The molecule has 0 aliphatic heterocycles. The van der Waals surface area contributed by atoms with Crippen LogP contribution >= 0.6 is 0 Å². The van der Waals surface area contributed by atoms with E-state index in [0.717, 1.165) is 6.42 Å². The number of aliphatic hydroxyl groups is 1. The summed E-state index contributed by atoms with van der Waals surface area (Å²) in [5.74, 6) is 0.595. The second-order valence-electron chi connectivity index (χ2n) is 6.11. The predicted octanol–water partition coefficient (Wildman–Crippen LogP) is 2.16. The number of nitrogens with one attached hydrogen (secondary N) is 1. The Kier molecular flexibility index (Phi) is 6.64. The molecular weight excluding hydrogens is 290 g/mol. The Labute approximate surface area is 127 Å². The zero-order chi connectivity index (χ0) is 15.9. The maximum Gasteiger partial charge on any atom is 0.240 e. The van der Waals surface area contributed by atoms with Crippen LogP contribution in [0.4, 0.5) is 0 Å². The minimum absolute atomic E-state index is 0.0736. The van der Waals surface area contributed by atoms with Crippen LogP contribution in [0, 0.1) is 5.41 Å². The molecule has 0 aromatic heterocycles. The van der Waals surface area contributed by atoms with Gasteiger partial charge in [0.2, 0.25) is 10.0 Å². The molecular formula is C15H25NO4S. The molecule has 21 heavy (non-hydrogen) atoms. The average molecular weight is 315 g/mol. The van der Waals surface area contributed by atoms with Crippen molar-refractivity contribution in [3.05, 3.63) is 24.3 Å². The molecule has 1 rings (SSSR count). The molecule has 0 amide bonds. The second-order valence-corrected chi connectivity index (χ2v) is 7.87. The van der Waals surface area contributed by atoms with E-state index < -0.39 is 10.0 Å². The summed E-state index contributed by atoms with van der Waals surface area (Å²) in [5.41, 5.74) is 0.0902. The van der Waals surface area contributed by atoms with Crippen LogP contribution in [0.1, 0.15) is 33.6 Å². The average Bonchev–Trinajstić information content (AvgIpc) is 2.38. The summed E-state index contributed by atoms with van der Waals surface area (Å²) in [5, 5.41) is 8.67. The highest BCUT2D eigenvalue weighted by molar-refractivity contribution is 7.89. The van der Waals surface area contributed by atoms with Crippen molar-refractivity contribution in [2.45, 2.75) is 38.5 Å². The fourth-order valence-corrected chi connectivity index (χ4v) is 2.65. The van der Waals surface area contributed by atoms with Gasteiger partial charge in [-0.15, -0.1) is 0 Å². The zero-order valence-electron chi connectivity index (χ0n) is 12.9. The topological polar surface area (TPSA) is 75.6 Å². The second kappa shape index (κ2) is 7.77. The fourth-order valence-electron chi connectivity index (χ4n) is 1.61. The Morgan fingerprint density at radius 2 is 1.81 bits per heavy atom. The van der Waals surface area contributed by atoms with Gasteiger partial charge in [0.25, 0.3) is 0 Å². The molecule has 0 aliphatic rings. The number of rotatable bonds is 8. The summed E-state index contributed by atoms with van der Waals surface area (Å²) < 4.78 is 32.2.